The molecule has 0 saturated carbocycles. The van der Waals surface area contributed by atoms with Gasteiger partial charge in [-0.3, -0.25) is 5.32 Å². The van der Waals surface area contributed by atoms with Crippen molar-refractivity contribution in [1.29, 1.82) is 0 Å². The molecule has 3 rings (SSSR count). The lowest BCUT2D eigenvalue weighted by Crippen LogP contribution is -2.36. The number of nitrogens with zero attached hydrogens (tertiary/aromatic N) is 1. The van der Waals surface area contributed by atoms with Crippen molar-refractivity contribution in [2.75, 3.05) is 25.0 Å². The van der Waals surface area contributed by atoms with Crippen LogP contribution < -0.4 is 5.32 Å². The fraction of sp³-hybridized carbons (Fsp3) is 0.409. The van der Waals surface area contributed by atoms with Crippen LogP contribution in [-0.2, 0) is 4.74 Å². The quantitative estimate of drug-likeness (QED) is 0.786. The van der Waals surface area contributed by atoms with Gasteiger partial charge in [0.1, 0.15) is 6.10 Å². The smallest absolute Gasteiger partial charge is 0.412 e. The first kappa shape index (κ1) is 18.5. The molecule has 0 spiro atoms. The Morgan fingerprint density at radius 1 is 1.00 bits per heavy atom. The molecule has 2 atom stereocenters. The molecule has 2 unspecified atom stereocenters. The SMILES string of the molecule is CC(CN1CCCCC1)C(OC(=O)Nc1ccccc1)c1ccccc1. The van der Waals surface area contributed by atoms with E-state index >= 15 is 0 Å². The molecule has 1 N–H and O–H groups in total. The minimum Gasteiger partial charge on any atom is -0.441 e. The van der Waals surface area contributed by atoms with Crippen LogP contribution in [0.15, 0.2) is 60.7 Å². The number of para-hydroxylation sites is 1. The van der Waals surface area contributed by atoms with Crippen LogP contribution in [0.4, 0.5) is 10.5 Å². The van der Waals surface area contributed by atoms with E-state index in [0.29, 0.717) is 0 Å². The number of likely N-dealkylation sites (tertiary alicyclic amines) is 1. The third kappa shape index (κ3) is 5.33. The largest absolute Gasteiger partial charge is 0.441 e. The van der Waals surface area contributed by atoms with Gasteiger partial charge in [-0.15, -0.1) is 0 Å². The van der Waals surface area contributed by atoms with Gasteiger partial charge in [0.2, 0.25) is 0 Å². The van der Waals surface area contributed by atoms with Crippen molar-refractivity contribution in [1.82, 2.24) is 4.90 Å². The third-order valence-corrected chi connectivity index (χ3v) is 4.89. The van der Waals surface area contributed by atoms with Gasteiger partial charge < -0.3 is 9.64 Å². The molecule has 1 heterocycles. The van der Waals surface area contributed by atoms with Crippen molar-refractivity contribution in [3.63, 3.8) is 0 Å². The van der Waals surface area contributed by atoms with Crippen molar-refractivity contribution in [2.24, 2.45) is 5.92 Å². The first-order valence-electron chi connectivity index (χ1n) is 9.52. The molecule has 1 amide bonds. The highest BCUT2D eigenvalue weighted by Gasteiger charge is 2.26. The van der Waals surface area contributed by atoms with E-state index in [1.807, 2.05) is 60.7 Å². The molecule has 26 heavy (non-hydrogen) atoms. The molecule has 1 aliphatic heterocycles. The molecule has 2 aromatic carbocycles. The van der Waals surface area contributed by atoms with E-state index in [-0.39, 0.29) is 12.0 Å². The van der Waals surface area contributed by atoms with Crippen LogP contribution in [0.3, 0.4) is 0 Å². The van der Waals surface area contributed by atoms with Gasteiger partial charge in [-0.2, -0.15) is 0 Å². The van der Waals surface area contributed by atoms with Gasteiger partial charge in [0.15, 0.2) is 0 Å². The van der Waals surface area contributed by atoms with E-state index in [4.69, 9.17) is 4.74 Å². The number of piperidine rings is 1. The van der Waals surface area contributed by atoms with Crippen molar-refractivity contribution < 1.29 is 9.53 Å². The molecule has 0 aromatic heterocycles. The minimum absolute atomic E-state index is 0.219. The van der Waals surface area contributed by atoms with Gasteiger partial charge in [-0.1, -0.05) is 61.9 Å². The highest BCUT2D eigenvalue weighted by Crippen LogP contribution is 2.28. The Kier molecular flexibility index (Phi) is 6.67. The van der Waals surface area contributed by atoms with Gasteiger partial charge in [0.05, 0.1) is 0 Å². The summed E-state index contributed by atoms with van der Waals surface area (Å²) in [6, 6.07) is 19.5. The monoisotopic (exact) mass is 352 g/mol. The fourth-order valence-corrected chi connectivity index (χ4v) is 3.58. The molecule has 4 heteroatoms. The second kappa shape index (κ2) is 9.39. The molecule has 2 aromatic rings. The summed E-state index contributed by atoms with van der Waals surface area (Å²) in [4.78, 5) is 14.9. The zero-order valence-electron chi connectivity index (χ0n) is 15.4. The number of carbonyl (C=O) groups is 1. The summed E-state index contributed by atoms with van der Waals surface area (Å²) in [5.41, 5.74) is 1.79. The number of nitrogens with one attached hydrogen (secondary N) is 1. The normalized spacial score (nSPS) is 17.3. The second-order valence-electron chi connectivity index (χ2n) is 7.07. The lowest BCUT2D eigenvalue weighted by Gasteiger charge is -2.32. The van der Waals surface area contributed by atoms with Crippen LogP contribution in [0.1, 0.15) is 37.9 Å². The molecule has 1 saturated heterocycles. The standard InChI is InChI=1S/C22H28N2O2/c1-18(17-24-15-9-4-10-16-24)21(19-11-5-2-6-12-19)26-22(25)23-20-13-7-3-8-14-20/h2-3,5-8,11-14,18,21H,4,9-10,15-17H2,1H3,(H,23,25). The summed E-state index contributed by atoms with van der Waals surface area (Å²) in [6.07, 6.45) is 3.18. The third-order valence-electron chi connectivity index (χ3n) is 4.89. The van der Waals surface area contributed by atoms with E-state index < -0.39 is 6.09 Å². The summed E-state index contributed by atoms with van der Waals surface area (Å²) >= 11 is 0. The van der Waals surface area contributed by atoms with Gasteiger partial charge in [0, 0.05) is 18.2 Å². The Labute approximate surface area is 156 Å². The Morgan fingerprint density at radius 2 is 1.62 bits per heavy atom. The zero-order chi connectivity index (χ0) is 18.2. The Hall–Kier alpha value is -2.33. The molecule has 4 nitrogen and oxygen atoms in total. The van der Waals surface area contributed by atoms with Crippen LogP contribution in [0.2, 0.25) is 0 Å². The zero-order valence-corrected chi connectivity index (χ0v) is 15.4. The van der Waals surface area contributed by atoms with Gasteiger partial charge in [0.25, 0.3) is 0 Å². The summed E-state index contributed by atoms with van der Waals surface area (Å²) in [6.45, 7) is 5.39. The van der Waals surface area contributed by atoms with Crippen LogP contribution in [-0.4, -0.2) is 30.6 Å². The Bertz CT molecular complexity index is 669. The lowest BCUT2D eigenvalue weighted by molar-refractivity contribution is 0.0572. The van der Waals surface area contributed by atoms with E-state index in [1.165, 1.54) is 19.3 Å². The highest BCUT2D eigenvalue weighted by molar-refractivity contribution is 5.84. The van der Waals surface area contributed by atoms with E-state index in [1.54, 1.807) is 0 Å². The predicted octanol–water partition coefficient (Wildman–Crippen LogP) is 5.10. The summed E-state index contributed by atoms with van der Waals surface area (Å²) in [5, 5.41) is 2.83. The van der Waals surface area contributed by atoms with Crippen LogP contribution in [0, 0.1) is 5.92 Å². The van der Waals surface area contributed by atoms with Crippen molar-refractivity contribution in [3.8, 4) is 0 Å². The number of benzene rings is 2. The molecule has 0 aliphatic carbocycles. The second-order valence-corrected chi connectivity index (χ2v) is 7.07. The molecule has 0 bridgehead atoms. The van der Waals surface area contributed by atoms with Gasteiger partial charge >= 0.3 is 6.09 Å². The van der Waals surface area contributed by atoms with Gasteiger partial charge in [-0.25, -0.2) is 4.79 Å². The predicted molar refractivity (Wildman–Crippen MR) is 105 cm³/mol. The average Bonchev–Trinajstić information content (AvgIpc) is 2.68. The summed E-state index contributed by atoms with van der Waals surface area (Å²) in [7, 11) is 0. The maximum Gasteiger partial charge on any atom is 0.412 e. The maximum absolute atomic E-state index is 12.4. The van der Waals surface area contributed by atoms with Crippen molar-refractivity contribution >= 4 is 11.8 Å². The fourth-order valence-electron chi connectivity index (χ4n) is 3.58. The summed E-state index contributed by atoms with van der Waals surface area (Å²) in [5.74, 6) is 0.219. The van der Waals surface area contributed by atoms with E-state index in [0.717, 1.165) is 30.9 Å². The summed E-state index contributed by atoms with van der Waals surface area (Å²) < 4.78 is 5.87. The Balaban J connectivity index is 1.67. The first-order chi connectivity index (χ1) is 12.7. The molecular formula is C22H28N2O2. The van der Waals surface area contributed by atoms with Crippen LogP contribution in [0.5, 0.6) is 0 Å². The Morgan fingerprint density at radius 3 is 2.27 bits per heavy atom. The minimum atomic E-state index is -0.407. The van der Waals surface area contributed by atoms with Crippen LogP contribution in [0.25, 0.3) is 0 Å². The number of hydrogen-bond acceptors (Lipinski definition) is 3. The number of hydrogen-bond donors (Lipinski definition) is 1. The van der Waals surface area contributed by atoms with E-state index in [2.05, 4.69) is 17.1 Å². The topological polar surface area (TPSA) is 41.6 Å². The average molecular weight is 352 g/mol. The molecular weight excluding hydrogens is 324 g/mol. The molecule has 0 radical (unpaired) electrons. The van der Waals surface area contributed by atoms with E-state index in [9.17, 15) is 4.79 Å². The van der Waals surface area contributed by atoms with Crippen molar-refractivity contribution in [3.05, 3.63) is 66.2 Å². The maximum atomic E-state index is 12.4. The first-order valence-corrected chi connectivity index (χ1v) is 9.52. The molecule has 1 aliphatic rings. The number of anilines is 1. The lowest BCUT2D eigenvalue weighted by atomic mass is 9.96. The van der Waals surface area contributed by atoms with Crippen LogP contribution >= 0.6 is 0 Å². The highest BCUT2D eigenvalue weighted by atomic mass is 16.6. The number of carbonyl (C=O) groups excluding carboxylic acids is 1. The number of rotatable bonds is 6. The van der Waals surface area contributed by atoms with Crippen molar-refractivity contribution in [2.45, 2.75) is 32.3 Å². The molecule has 138 valence electrons. The molecule has 1 fully saturated rings. The van der Waals surface area contributed by atoms with Gasteiger partial charge in [-0.05, 0) is 43.6 Å². The number of amides is 1. The number of ether oxygens (including phenoxy) is 1.